The molecule has 3 aromatic carbocycles. The molecule has 0 spiro atoms. The van der Waals surface area contributed by atoms with E-state index in [9.17, 15) is 13.2 Å². The zero-order valence-corrected chi connectivity index (χ0v) is 20.5. The van der Waals surface area contributed by atoms with Gasteiger partial charge in [-0.2, -0.15) is 0 Å². The minimum atomic E-state index is -3.59. The second kappa shape index (κ2) is 11.0. The molecular weight excluding hydrogens is 483 g/mol. The van der Waals surface area contributed by atoms with Gasteiger partial charge in [0.15, 0.2) is 9.84 Å². The quantitative estimate of drug-likeness (QED) is 0.355. The number of hydrogen-bond acceptors (Lipinski definition) is 4. The van der Waals surface area contributed by atoms with Crippen LogP contribution in [0, 0.1) is 0 Å². The Morgan fingerprint density at radius 2 is 1.48 bits per heavy atom. The van der Waals surface area contributed by atoms with Crippen molar-refractivity contribution in [2.45, 2.75) is 30.6 Å². The number of carbonyl (C=O) groups is 1. The Balaban J connectivity index is 1.60. The summed E-state index contributed by atoms with van der Waals surface area (Å²) < 4.78 is 31.0. The number of ether oxygens (including phenoxy) is 1. The van der Waals surface area contributed by atoms with E-state index in [1.807, 2.05) is 26.0 Å². The van der Waals surface area contributed by atoms with Gasteiger partial charge in [0.05, 0.1) is 26.8 Å². The SMILES string of the molecule is CCOC(C)c1ccc(NC(=O)Nc2ccc(S(=O)(=O)Cc3ccc(Cl)c(Cl)c3)cc2)cc1. The molecule has 0 radical (unpaired) electrons. The summed E-state index contributed by atoms with van der Waals surface area (Å²) in [5, 5.41) is 6.09. The molecule has 9 heteroatoms. The largest absolute Gasteiger partial charge is 0.374 e. The second-order valence-electron chi connectivity index (χ2n) is 7.33. The fraction of sp³-hybridized carbons (Fsp3) is 0.208. The van der Waals surface area contributed by atoms with E-state index < -0.39 is 15.9 Å². The summed E-state index contributed by atoms with van der Waals surface area (Å²) in [7, 11) is -3.59. The van der Waals surface area contributed by atoms with Crippen LogP contribution in [0.25, 0.3) is 0 Å². The van der Waals surface area contributed by atoms with Crippen molar-refractivity contribution in [3.8, 4) is 0 Å². The molecule has 2 N–H and O–H groups in total. The lowest BCUT2D eigenvalue weighted by Crippen LogP contribution is -2.19. The zero-order valence-electron chi connectivity index (χ0n) is 18.1. The van der Waals surface area contributed by atoms with Gasteiger partial charge in [0.2, 0.25) is 0 Å². The summed E-state index contributed by atoms with van der Waals surface area (Å²) in [5.41, 5.74) is 2.64. The Bertz CT molecular complexity index is 1210. The van der Waals surface area contributed by atoms with Crippen LogP contribution in [-0.4, -0.2) is 21.1 Å². The van der Waals surface area contributed by atoms with Crippen LogP contribution in [-0.2, 0) is 20.3 Å². The average molecular weight is 507 g/mol. The van der Waals surface area contributed by atoms with E-state index >= 15 is 0 Å². The first kappa shape index (κ1) is 25.1. The normalized spacial score (nSPS) is 12.2. The van der Waals surface area contributed by atoms with Gasteiger partial charge >= 0.3 is 6.03 Å². The van der Waals surface area contributed by atoms with Gasteiger partial charge in [-0.15, -0.1) is 0 Å². The van der Waals surface area contributed by atoms with Crippen LogP contribution in [0.1, 0.15) is 31.1 Å². The van der Waals surface area contributed by atoms with Crippen molar-refractivity contribution in [3.63, 3.8) is 0 Å². The highest BCUT2D eigenvalue weighted by atomic mass is 35.5. The van der Waals surface area contributed by atoms with Crippen LogP contribution in [0.15, 0.2) is 71.6 Å². The molecule has 174 valence electrons. The molecule has 0 aliphatic heterocycles. The first-order valence-electron chi connectivity index (χ1n) is 10.2. The number of rotatable bonds is 8. The van der Waals surface area contributed by atoms with Gasteiger partial charge in [0, 0.05) is 18.0 Å². The standard InChI is InChI=1S/C24H24Cl2N2O4S/c1-3-32-16(2)18-5-7-19(8-6-18)27-24(29)28-20-9-11-21(12-10-20)33(30,31)15-17-4-13-22(25)23(26)14-17/h4-14,16H,3,15H2,1-2H3,(H2,27,28,29). The minimum absolute atomic E-state index is 0.0238. The van der Waals surface area contributed by atoms with Crippen molar-refractivity contribution in [1.29, 1.82) is 0 Å². The van der Waals surface area contributed by atoms with Crippen LogP contribution in [0.5, 0.6) is 0 Å². The molecule has 0 aliphatic rings. The fourth-order valence-electron chi connectivity index (χ4n) is 3.15. The predicted molar refractivity (Wildman–Crippen MR) is 133 cm³/mol. The Hall–Kier alpha value is -2.58. The molecule has 3 rings (SSSR count). The van der Waals surface area contributed by atoms with E-state index in [1.165, 1.54) is 30.3 Å². The van der Waals surface area contributed by atoms with Crippen LogP contribution in [0.2, 0.25) is 10.0 Å². The number of sulfone groups is 1. The maximum Gasteiger partial charge on any atom is 0.323 e. The molecular formula is C24H24Cl2N2O4S. The predicted octanol–water partition coefficient (Wildman–Crippen LogP) is 6.71. The first-order chi connectivity index (χ1) is 15.7. The maximum absolute atomic E-state index is 12.7. The molecule has 6 nitrogen and oxygen atoms in total. The summed E-state index contributed by atoms with van der Waals surface area (Å²) in [6.07, 6.45) is -0.0238. The molecule has 0 saturated heterocycles. The lowest BCUT2D eigenvalue weighted by Gasteiger charge is -2.13. The maximum atomic E-state index is 12.7. The lowest BCUT2D eigenvalue weighted by atomic mass is 10.1. The van der Waals surface area contributed by atoms with Crippen molar-refractivity contribution < 1.29 is 17.9 Å². The number of hydrogen-bond donors (Lipinski definition) is 2. The van der Waals surface area contributed by atoms with Gasteiger partial charge in [0.25, 0.3) is 0 Å². The van der Waals surface area contributed by atoms with Crippen molar-refractivity contribution >= 4 is 50.4 Å². The summed E-state index contributed by atoms with van der Waals surface area (Å²) in [5.74, 6) is -0.213. The molecule has 33 heavy (non-hydrogen) atoms. The first-order valence-corrected chi connectivity index (χ1v) is 12.6. The molecule has 0 saturated carbocycles. The highest BCUT2D eigenvalue weighted by Crippen LogP contribution is 2.26. The lowest BCUT2D eigenvalue weighted by molar-refractivity contribution is 0.0764. The monoisotopic (exact) mass is 506 g/mol. The molecule has 0 fully saturated rings. The molecule has 1 unspecified atom stereocenters. The van der Waals surface area contributed by atoms with E-state index in [-0.39, 0.29) is 16.8 Å². The molecule has 1 atom stereocenters. The van der Waals surface area contributed by atoms with E-state index in [0.717, 1.165) is 5.56 Å². The van der Waals surface area contributed by atoms with Crippen LogP contribution in [0.4, 0.5) is 16.2 Å². The van der Waals surface area contributed by atoms with Crippen LogP contribution < -0.4 is 10.6 Å². The van der Waals surface area contributed by atoms with Gasteiger partial charge in [-0.05, 0) is 73.5 Å². The molecule has 0 bridgehead atoms. The number of nitrogens with one attached hydrogen (secondary N) is 2. The van der Waals surface area contributed by atoms with Crippen LogP contribution in [0.3, 0.4) is 0 Å². The Labute approximate surface area is 203 Å². The highest BCUT2D eigenvalue weighted by Gasteiger charge is 2.16. The van der Waals surface area contributed by atoms with E-state index in [4.69, 9.17) is 27.9 Å². The van der Waals surface area contributed by atoms with Gasteiger partial charge in [0.1, 0.15) is 0 Å². The highest BCUT2D eigenvalue weighted by molar-refractivity contribution is 7.90. The van der Waals surface area contributed by atoms with E-state index in [1.54, 1.807) is 24.3 Å². The Kier molecular flexibility index (Phi) is 8.37. The van der Waals surface area contributed by atoms with Gasteiger partial charge < -0.3 is 15.4 Å². The molecule has 0 aliphatic carbocycles. The summed E-state index contributed by atoms with van der Waals surface area (Å²) >= 11 is 11.9. The van der Waals surface area contributed by atoms with Crippen molar-refractivity contribution in [1.82, 2.24) is 0 Å². The zero-order chi connectivity index (χ0) is 24.0. The molecule has 0 heterocycles. The Morgan fingerprint density at radius 1 is 0.909 bits per heavy atom. The molecule has 2 amide bonds. The summed E-state index contributed by atoms with van der Waals surface area (Å²) in [4.78, 5) is 12.4. The third-order valence-electron chi connectivity index (χ3n) is 4.87. The smallest absolute Gasteiger partial charge is 0.323 e. The van der Waals surface area contributed by atoms with Gasteiger partial charge in [-0.3, -0.25) is 0 Å². The van der Waals surface area contributed by atoms with E-state index in [0.29, 0.717) is 33.6 Å². The van der Waals surface area contributed by atoms with Gasteiger partial charge in [-0.25, -0.2) is 13.2 Å². The second-order valence-corrected chi connectivity index (χ2v) is 10.1. The van der Waals surface area contributed by atoms with Crippen LogP contribution >= 0.6 is 23.2 Å². The third-order valence-corrected chi connectivity index (χ3v) is 7.31. The van der Waals surface area contributed by atoms with Crippen molar-refractivity contribution in [2.24, 2.45) is 0 Å². The number of amides is 2. The number of urea groups is 1. The van der Waals surface area contributed by atoms with Crippen molar-refractivity contribution in [3.05, 3.63) is 87.9 Å². The topological polar surface area (TPSA) is 84.5 Å². The summed E-state index contributed by atoms with van der Waals surface area (Å²) in [6.45, 7) is 4.53. The molecule has 3 aromatic rings. The average Bonchev–Trinajstić information content (AvgIpc) is 2.77. The number of benzene rings is 3. The van der Waals surface area contributed by atoms with Crippen molar-refractivity contribution in [2.75, 3.05) is 17.2 Å². The van der Waals surface area contributed by atoms with Gasteiger partial charge in [-0.1, -0.05) is 41.4 Å². The number of carbonyl (C=O) groups excluding carboxylic acids is 1. The number of anilines is 2. The molecule has 0 aromatic heterocycles. The Morgan fingerprint density at radius 3 is 2.03 bits per heavy atom. The fourth-order valence-corrected chi connectivity index (χ4v) is 4.81. The minimum Gasteiger partial charge on any atom is -0.374 e. The summed E-state index contributed by atoms with van der Waals surface area (Å²) in [6, 6.07) is 17.6. The third kappa shape index (κ3) is 6.95. The number of halogens is 2. The van der Waals surface area contributed by atoms with E-state index in [2.05, 4.69) is 10.6 Å².